The van der Waals surface area contributed by atoms with Crippen LogP contribution in [0.15, 0.2) is 30.3 Å². The molecule has 0 bridgehead atoms. The van der Waals surface area contributed by atoms with Crippen LogP contribution in [-0.4, -0.2) is 25.0 Å². The molecular formula is C14H15ClN2O2S. The first kappa shape index (κ1) is 14.7. The van der Waals surface area contributed by atoms with Crippen molar-refractivity contribution in [3.05, 3.63) is 45.1 Å². The lowest BCUT2D eigenvalue weighted by Gasteiger charge is -2.18. The number of anilines is 1. The van der Waals surface area contributed by atoms with Gasteiger partial charge in [-0.05, 0) is 24.3 Å². The first-order chi connectivity index (χ1) is 9.52. The average Bonchev–Trinajstić information content (AvgIpc) is 2.83. The van der Waals surface area contributed by atoms with E-state index in [1.807, 2.05) is 12.1 Å². The standard InChI is InChI=1S/C14H15ClN2O2S/c1-17(8-9-6-7-12(15)20-9)14(18)10-4-3-5-11(19-2)13(10)16/h3-7H,8,16H2,1-2H3. The van der Waals surface area contributed by atoms with Crippen molar-refractivity contribution in [2.45, 2.75) is 6.54 Å². The maximum atomic E-state index is 12.4. The third-order valence-corrected chi connectivity index (χ3v) is 4.10. The quantitative estimate of drug-likeness (QED) is 0.882. The van der Waals surface area contributed by atoms with E-state index in [0.717, 1.165) is 4.88 Å². The lowest BCUT2D eigenvalue weighted by molar-refractivity contribution is 0.0787. The number of rotatable bonds is 4. The maximum absolute atomic E-state index is 12.4. The van der Waals surface area contributed by atoms with Gasteiger partial charge in [-0.25, -0.2) is 0 Å². The second-order valence-corrected chi connectivity index (χ2v) is 6.09. The van der Waals surface area contributed by atoms with Crippen LogP contribution in [0.1, 0.15) is 15.2 Å². The van der Waals surface area contributed by atoms with Gasteiger partial charge in [0.15, 0.2) is 0 Å². The number of nitrogen functional groups attached to an aromatic ring is 1. The zero-order valence-corrected chi connectivity index (χ0v) is 12.8. The van der Waals surface area contributed by atoms with E-state index in [-0.39, 0.29) is 5.91 Å². The molecule has 1 aromatic heterocycles. The molecule has 0 spiro atoms. The summed E-state index contributed by atoms with van der Waals surface area (Å²) in [5.41, 5.74) is 6.74. The number of ether oxygens (including phenoxy) is 1. The molecule has 20 heavy (non-hydrogen) atoms. The Labute approximate surface area is 126 Å². The molecule has 106 valence electrons. The Morgan fingerprint density at radius 3 is 2.75 bits per heavy atom. The van der Waals surface area contributed by atoms with E-state index in [2.05, 4.69) is 0 Å². The number of amides is 1. The fourth-order valence-corrected chi connectivity index (χ4v) is 3.00. The smallest absolute Gasteiger partial charge is 0.256 e. The molecule has 1 amide bonds. The number of hydrogen-bond acceptors (Lipinski definition) is 4. The Morgan fingerprint density at radius 2 is 2.15 bits per heavy atom. The monoisotopic (exact) mass is 310 g/mol. The molecule has 0 unspecified atom stereocenters. The minimum absolute atomic E-state index is 0.147. The molecule has 1 aromatic carbocycles. The van der Waals surface area contributed by atoms with Gasteiger partial charge in [0, 0.05) is 11.9 Å². The van der Waals surface area contributed by atoms with Crippen LogP contribution in [0.5, 0.6) is 5.75 Å². The van der Waals surface area contributed by atoms with E-state index in [4.69, 9.17) is 22.1 Å². The summed E-state index contributed by atoms with van der Waals surface area (Å²) in [6, 6.07) is 8.90. The second kappa shape index (κ2) is 6.15. The molecule has 1 heterocycles. The van der Waals surface area contributed by atoms with Gasteiger partial charge in [-0.3, -0.25) is 4.79 Å². The fraction of sp³-hybridized carbons (Fsp3) is 0.214. The highest BCUT2D eigenvalue weighted by Crippen LogP contribution is 2.27. The summed E-state index contributed by atoms with van der Waals surface area (Å²) in [6.07, 6.45) is 0. The molecule has 0 saturated heterocycles. The minimum atomic E-state index is -0.147. The van der Waals surface area contributed by atoms with Gasteiger partial charge in [0.05, 0.1) is 29.2 Å². The molecule has 2 N–H and O–H groups in total. The normalized spacial score (nSPS) is 10.3. The van der Waals surface area contributed by atoms with Crippen LogP contribution >= 0.6 is 22.9 Å². The van der Waals surface area contributed by atoms with Crippen LogP contribution < -0.4 is 10.5 Å². The zero-order chi connectivity index (χ0) is 14.7. The van der Waals surface area contributed by atoms with Gasteiger partial charge >= 0.3 is 0 Å². The molecule has 0 atom stereocenters. The molecule has 4 nitrogen and oxygen atoms in total. The summed E-state index contributed by atoms with van der Waals surface area (Å²) in [6.45, 7) is 0.493. The lowest BCUT2D eigenvalue weighted by atomic mass is 10.1. The summed E-state index contributed by atoms with van der Waals surface area (Å²) in [4.78, 5) is 15.0. The number of thiophene rings is 1. The molecule has 0 aliphatic rings. The van der Waals surface area contributed by atoms with Gasteiger partial charge in [-0.1, -0.05) is 17.7 Å². The maximum Gasteiger partial charge on any atom is 0.256 e. The Kier molecular flexibility index (Phi) is 4.52. The molecule has 6 heteroatoms. The predicted octanol–water partition coefficient (Wildman–Crippen LogP) is 3.26. The van der Waals surface area contributed by atoms with Crippen LogP contribution in [0.2, 0.25) is 4.34 Å². The van der Waals surface area contributed by atoms with Crippen molar-refractivity contribution in [1.82, 2.24) is 4.90 Å². The Bertz CT molecular complexity index is 627. The Hall–Kier alpha value is -1.72. The molecule has 0 aliphatic heterocycles. The topological polar surface area (TPSA) is 55.6 Å². The highest BCUT2D eigenvalue weighted by Gasteiger charge is 2.17. The van der Waals surface area contributed by atoms with Crippen molar-refractivity contribution in [1.29, 1.82) is 0 Å². The van der Waals surface area contributed by atoms with Crippen molar-refractivity contribution >= 4 is 34.5 Å². The highest BCUT2D eigenvalue weighted by molar-refractivity contribution is 7.16. The molecular weight excluding hydrogens is 296 g/mol. The molecule has 0 fully saturated rings. The van der Waals surface area contributed by atoms with Crippen molar-refractivity contribution in [2.75, 3.05) is 19.9 Å². The number of para-hydroxylation sites is 1. The Morgan fingerprint density at radius 1 is 1.40 bits per heavy atom. The van der Waals surface area contributed by atoms with Crippen LogP contribution in [0.3, 0.4) is 0 Å². The number of methoxy groups -OCH3 is 1. The number of carbonyl (C=O) groups excluding carboxylic acids is 1. The van der Waals surface area contributed by atoms with Gasteiger partial charge in [-0.15, -0.1) is 11.3 Å². The summed E-state index contributed by atoms with van der Waals surface area (Å²) < 4.78 is 5.84. The second-order valence-electron chi connectivity index (χ2n) is 4.29. The first-order valence-electron chi connectivity index (χ1n) is 5.95. The SMILES string of the molecule is COc1cccc(C(=O)N(C)Cc2ccc(Cl)s2)c1N. The van der Waals surface area contributed by atoms with E-state index in [1.54, 1.807) is 30.1 Å². The third-order valence-electron chi connectivity index (χ3n) is 2.89. The van der Waals surface area contributed by atoms with Gasteiger partial charge < -0.3 is 15.4 Å². The molecule has 0 radical (unpaired) electrons. The first-order valence-corrected chi connectivity index (χ1v) is 7.14. The average molecular weight is 311 g/mol. The van der Waals surface area contributed by atoms with E-state index >= 15 is 0 Å². The summed E-state index contributed by atoms with van der Waals surface area (Å²) in [5, 5.41) is 0. The van der Waals surface area contributed by atoms with E-state index in [1.165, 1.54) is 18.4 Å². The van der Waals surface area contributed by atoms with Crippen molar-refractivity contribution < 1.29 is 9.53 Å². The summed E-state index contributed by atoms with van der Waals surface area (Å²) in [5.74, 6) is 0.356. The number of nitrogens with zero attached hydrogens (tertiary/aromatic N) is 1. The molecule has 0 aliphatic carbocycles. The third kappa shape index (κ3) is 3.05. The largest absolute Gasteiger partial charge is 0.495 e. The zero-order valence-electron chi connectivity index (χ0n) is 11.2. The number of hydrogen-bond donors (Lipinski definition) is 1. The van der Waals surface area contributed by atoms with Gasteiger partial charge in [0.25, 0.3) is 5.91 Å². The Balaban J connectivity index is 2.18. The number of halogens is 1. The van der Waals surface area contributed by atoms with E-state index in [0.29, 0.717) is 27.9 Å². The van der Waals surface area contributed by atoms with Crippen molar-refractivity contribution in [2.24, 2.45) is 0 Å². The van der Waals surface area contributed by atoms with Crippen molar-refractivity contribution in [3.8, 4) is 5.75 Å². The number of nitrogens with two attached hydrogens (primary N) is 1. The van der Waals surface area contributed by atoms with Crippen LogP contribution in [0.4, 0.5) is 5.69 Å². The molecule has 2 rings (SSSR count). The van der Waals surface area contributed by atoms with E-state index in [9.17, 15) is 4.79 Å². The lowest BCUT2D eigenvalue weighted by Crippen LogP contribution is -2.26. The van der Waals surface area contributed by atoms with E-state index < -0.39 is 0 Å². The summed E-state index contributed by atoms with van der Waals surface area (Å²) in [7, 11) is 3.26. The van der Waals surface area contributed by atoms with Gasteiger partial charge in [0.2, 0.25) is 0 Å². The van der Waals surface area contributed by atoms with Crippen LogP contribution in [-0.2, 0) is 6.54 Å². The predicted molar refractivity (Wildman–Crippen MR) is 82.5 cm³/mol. The van der Waals surface area contributed by atoms with Gasteiger partial charge in [-0.2, -0.15) is 0 Å². The van der Waals surface area contributed by atoms with Crippen molar-refractivity contribution in [3.63, 3.8) is 0 Å². The van der Waals surface area contributed by atoms with Crippen LogP contribution in [0.25, 0.3) is 0 Å². The fourth-order valence-electron chi connectivity index (χ4n) is 1.86. The molecule has 0 saturated carbocycles. The van der Waals surface area contributed by atoms with Gasteiger partial charge in [0.1, 0.15) is 5.75 Å². The molecule has 2 aromatic rings. The van der Waals surface area contributed by atoms with Crippen LogP contribution in [0, 0.1) is 0 Å². The number of benzene rings is 1. The number of carbonyl (C=O) groups is 1. The highest BCUT2D eigenvalue weighted by atomic mass is 35.5. The minimum Gasteiger partial charge on any atom is -0.495 e. The summed E-state index contributed by atoms with van der Waals surface area (Å²) >= 11 is 7.34.